The number of rotatable bonds is 6. The number of amides is 4. The Balaban J connectivity index is 1.45. The molecule has 15 heteroatoms. The van der Waals surface area contributed by atoms with Crippen molar-refractivity contribution in [3.8, 4) is 11.1 Å². The first-order chi connectivity index (χ1) is 19.1. The molecule has 2 aliphatic heterocycles. The van der Waals surface area contributed by atoms with Gasteiger partial charge in [-0.25, -0.2) is 17.6 Å². The zero-order chi connectivity index (χ0) is 29.9. The number of halogens is 4. The Morgan fingerprint density at radius 3 is 2.44 bits per heavy atom. The lowest BCUT2D eigenvalue weighted by molar-refractivity contribution is -0.187. The molecule has 1 N–H and O–H groups in total. The molecule has 1 spiro atoms. The van der Waals surface area contributed by atoms with Crippen molar-refractivity contribution in [3.05, 3.63) is 71.8 Å². The minimum atomic E-state index is -4.85. The fourth-order valence-corrected chi connectivity index (χ4v) is 6.96. The topological polar surface area (TPSA) is 122 Å². The number of sulfone groups is 1. The highest BCUT2D eigenvalue weighted by Gasteiger charge is 2.60. The van der Waals surface area contributed by atoms with Crippen LogP contribution in [0.4, 0.5) is 22.4 Å². The van der Waals surface area contributed by atoms with Crippen LogP contribution in [0.1, 0.15) is 18.1 Å². The average molecular weight is 594 g/mol. The molecule has 0 aliphatic carbocycles. The number of alkyl halides is 3. The summed E-state index contributed by atoms with van der Waals surface area (Å²) in [4.78, 5) is 40.4. The molecule has 1 fully saturated rings. The van der Waals surface area contributed by atoms with E-state index in [2.05, 4.69) is 10.4 Å². The van der Waals surface area contributed by atoms with Crippen molar-refractivity contribution in [1.82, 2.24) is 24.9 Å². The Bertz CT molecular complexity index is 1670. The summed E-state index contributed by atoms with van der Waals surface area (Å²) in [6.07, 6.45) is -1.66. The van der Waals surface area contributed by atoms with E-state index in [4.69, 9.17) is 0 Å². The number of hydrogen-bond donors (Lipinski definition) is 1. The van der Waals surface area contributed by atoms with Gasteiger partial charge < -0.3 is 10.2 Å². The van der Waals surface area contributed by atoms with Gasteiger partial charge in [-0.2, -0.15) is 18.3 Å². The van der Waals surface area contributed by atoms with Gasteiger partial charge in [-0.3, -0.25) is 19.2 Å². The van der Waals surface area contributed by atoms with E-state index in [1.54, 1.807) is 19.3 Å². The van der Waals surface area contributed by atoms with Crippen LogP contribution in [-0.4, -0.2) is 70.4 Å². The number of imide groups is 1. The maximum atomic E-state index is 13.7. The largest absolute Gasteiger partial charge is 0.408 e. The number of carbonyl (C=O) groups excluding carboxylic acids is 3. The van der Waals surface area contributed by atoms with E-state index < -0.39 is 70.1 Å². The summed E-state index contributed by atoms with van der Waals surface area (Å²) in [5.41, 5.74) is -0.759. The van der Waals surface area contributed by atoms with Crippen LogP contribution in [0, 0.1) is 5.82 Å². The second kappa shape index (κ2) is 9.68. The van der Waals surface area contributed by atoms with Gasteiger partial charge in [0.1, 0.15) is 18.4 Å². The predicted octanol–water partition coefficient (Wildman–Crippen LogP) is 2.74. The zero-order valence-corrected chi connectivity index (χ0v) is 22.5. The van der Waals surface area contributed by atoms with E-state index in [0.29, 0.717) is 20.9 Å². The number of urea groups is 1. The smallest absolute Gasteiger partial charge is 0.325 e. The van der Waals surface area contributed by atoms with Gasteiger partial charge in [0.2, 0.25) is 5.91 Å². The third-order valence-corrected chi connectivity index (χ3v) is 9.04. The fourth-order valence-electron chi connectivity index (χ4n) is 5.00. The molecule has 10 nitrogen and oxygen atoms in total. The Hall–Kier alpha value is -4.27. The molecule has 2 atom stereocenters. The van der Waals surface area contributed by atoms with Crippen molar-refractivity contribution in [2.24, 2.45) is 7.05 Å². The molecule has 4 amide bonds. The van der Waals surface area contributed by atoms with Gasteiger partial charge in [-0.15, -0.1) is 0 Å². The van der Waals surface area contributed by atoms with Gasteiger partial charge in [-0.05, 0) is 36.2 Å². The first-order valence-corrected chi connectivity index (χ1v) is 13.9. The van der Waals surface area contributed by atoms with Gasteiger partial charge in [-0.1, -0.05) is 24.3 Å². The molecule has 216 valence electrons. The second-order valence-electron chi connectivity index (χ2n) is 9.97. The average Bonchev–Trinajstić information content (AvgIpc) is 3.50. The molecule has 2 aromatic carbocycles. The number of nitrogens with zero attached hydrogens (tertiary/aromatic N) is 4. The standard InChI is InChI=1S/C26H23F4N5O5S/c1-15(26(28,29)30)34(11-16-3-6-19(27)7-4-16)22(36)13-35-23(37)25(32-24(35)38)14-41(39,40)21-9-17(5-8-20(21)25)18-10-31-33(2)12-18/h3-10,12,15H,11,13-14H2,1-2H3,(H,32,38)/t15?,25-/m0/s1. The highest BCUT2D eigenvalue weighted by Crippen LogP contribution is 2.43. The quantitative estimate of drug-likeness (QED) is 0.347. The molecule has 0 saturated carbocycles. The lowest BCUT2D eigenvalue weighted by atomic mass is 9.91. The first-order valence-electron chi connectivity index (χ1n) is 12.2. The van der Waals surface area contributed by atoms with Crippen molar-refractivity contribution in [3.63, 3.8) is 0 Å². The number of aryl methyl sites for hydroxylation is 1. The predicted molar refractivity (Wildman–Crippen MR) is 135 cm³/mol. The van der Waals surface area contributed by atoms with Gasteiger partial charge in [0.25, 0.3) is 5.91 Å². The lowest BCUT2D eigenvalue weighted by Crippen LogP contribution is -2.51. The minimum absolute atomic E-state index is 0.00901. The van der Waals surface area contributed by atoms with Gasteiger partial charge in [0.15, 0.2) is 15.4 Å². The third-order valence-electron chi connectivity index (χ3n) is 7.22. The lowest BCUT2D eigenvalue weighted by Gasteiger charge is -2.32. The third kappa shape index (κ3) is 4.94. The SMILES string of the molecule is CC(N(Cc1ccc(F)cc1)C(=O)CN1C(=O)N[C@]2(CS(=O)(=O)c3cc(-c4cnn(C)c4)ccc32)C1=O)C(F)(F)F. The van der Waals surface area contributed by atoms with Crippen LogP contribution in [-0.2, 0) is 38.6 Å². The minimum Gasteiger partial charge on any atom is -0.325 e. The molecule has 3 heterocycles. The van der Waals surface area contributed by atoms with Crippen LogP contribution in [0.15, 0.2) is 59.8 Å². The van der Waals surface area contributed by atoms with Crippen LogP contribution in [0.2, 0.25) is 0 Å². The van der Waals surface area contributed by atoms with E-state index in [0.717, 1.165) is 19.1 Å². The number of hydrogen-bond acceptors (Lipinski definition) is 6. The number of aromatic nitrogens is 2. The summed E-state index contributed by atoms with van der Waals surface area (Å²) >= 11 is 0. The summed E-state index contributed by atoms with van der Waals surface area (Å²) in [5.74, 6) is -3.74. The summed E-state index contributed by atoms with van der Waals surface area (Å²) in [5, 5.41) is 6.42. The van der Waals surface area contributed by atoms with Crippen molar-refractivity contribution >= 4 is 27.7 Å². The molecule has 1 saturated heterocycles. The molecular weight excluding hydrogens is 570 g/mol. The summed E-state index contributed by atoms with van der Waals surface area (Å²) < 4.78 is 82.1. The number of fused-ring (bicyclic) bond motifs is 2. The van der Waals surface area contributed by atoms with Crippen molar-refractivity contribution in [1.29, 1.82) is 0 Å². The number of benzene rings is 2. The monoisotopic (exact) mass is 593 g/mol. The molecule has 1 aromatic heterocycles. The van der Waals surface area contributed by atoms with Crippen LogP contribution in [0.25, 0.3) is 11.1 Å². The van der Waals surface area contributed by atoms with Crippen LogP contribution < -0.4 is 5.32 Å². The van der Waals surface area contributed by atoms with E-state index in [9.17, 15) is 40.4 Å². The molecule has 0 bridgehead atoms. The Morgan fingerprint density at radius 1 is 1.15 bits per heavy atom. The van der Waals surface area contributed by atoms with E-state index in [-0.39, 0.29) is 16.0 Å². The Kier molecular flexibility index (Phi) is 6.67. The number of carbonyl (C=O) groups is 3. The zero-order valence-electron chi connectivity index (χ0n) is 21.6. The van der Waals surface area contributed by atoms with Gasteiger partial charge in [0, 0.05) is 30.9 Å². The Labute approximate surface area is 231 Å². The Morgan fingerprint density at radius 2 is 1.83 bits per heavy atom. The normalized spacial score (nSPS) is 20.3. The van der Waals surface area contributed by atoms with E-state index in [1.165, 1.54) is 35.1 Å². The van der Waals surface area contributed by atoms with Gasteiger partial charge >= 0.3 is 12.2 Å². The van der Waals surface area contributed by atoms with Gasteiger partial charge in [0.05, 0.1) is 16.8 Å². The van der Waals surface area contributed by atoms with Crippen molar-refractivity contribution < 1.29 is 40.4 Å². The summed E-state index contributed by atoms with van der Waals surface area (Å²) in [6, 6.07) is 5.34. The molecule has 41 heavy (non-hydrogen) atoms. The highest BCUT2D eigenvalue weighted by molar-refractivity contribution is 7.92. The van der Waals surface area contributed by atoms with E-state index in [1.807, 2.05) is 0 Å². The molecule has 3 aromatic rings. The van der Waals surface area contributed by atoms with Crippen LogP contribution in [0.3, 0.4) is 0 Å². The highest BCUT2D eigenvalue weighted by atomic mass is 32.2. The van der Waals surface area contributed by atoms with Crippen LogP contribution >= 0.6 is 0 Å². The molecule has 0 radical (unpaired) electrons. The second-order valence-corrected chi connectivity index (χ2v) is 11.9. The number of nitrogens with one attached hydrogen (secondary N) is 1. The molecule has 5 rings (SSSR count). The van der Waals surface area contributed by atoms with Crippen molar-refractivity contribution in [2.75, 3.05) is 12.3 Å². The molecule has 2 aliphatic rings. The van der Waals surface area contributed by atoms with Crippen LogP contribution in [0.5, 0.6) is 0 Å². The maximum absolute atomic E-state index is 13.7. The summed E-state index contributed by atoms with van der Waals surface area (Å²) in [6.45, 7) is -0.908. The maximum Gasteiger partial charge on any atom is 0.408 e. The summed E-state index contributed by atoms with van der Waals surface area (Å²) in [7, 11) is -2.40. The fraction of sp³-hybridized carbons (Fsp3) is 0.308. The van der Waals surface area contributed by atoms with Crippen molar-refractivity contribution in [2.45, 2.75) is 36.1 Å². The van der Waals surface area contributed by atoms with E-state index >= 15 is 0 Å². The molecule has 1 unspecified atom stereocenters. The first kappa shape index (κ1) is 28.3. The molecular formula is C26H23F4N5O5S.